The summed E-state index contributed by atoms with van der Waals surface area (Å²) in [5.74, 6) is 0.855. The van der Waals surface area contributed by atoms with Gasteiger partial charge in [-0.05, 0) is 12.1 Å². The molecule has 1 rings (SSSR count). The van der Waals surface area contributed by atoms with Crippen molar-refractivity contribution in [1.82, 2.24) is 5.32 Å². The van der Waals surface area contributed by atoms with Crippen LogP contribution in [-0.2, 0) is 0 Å². The van der Waals surface area contributed by atoms with Crippen LogP contribution in [0.5, 0.6) is 5.75 Å². The number of hydrogen-bond donors (Lipinski definition) is 1. The van der Waals surface area contributed by atoms with Crippen molar-refractivity contribution in [3.05, 3.63) is 30.3 Å². The van der Waals surface area contributed by atoms with Crippen LogP contribution in [0.25, 0.3) is 5.70 Å². The first-order valence-corrected chi connectivity index (χ1v) is 5.82. The molecule has 0 aliphatic heterocycles. The fraction of sp³-hybridized carbons (Fsp3) is 0.429. The molecule has 3 heteroatoms. The summed E-state index contributed by atoms with van der Waals surface area (Å²) in [6, 6.07) is 6.03. The van der Waals surface area contributed by atoms with Crippen LogP contribution in [0.1, 0.15) is 19.4 Å². The molecule has 0 amide bonds. The van der Waals surface area contributed by atoms with Gasteiger partial charge in [0.1, 0.15) is 5.75 Å². The molecule has 1 N–H and O–H groups in total. The molecular formula is C14H24N2O. The molecule has 0 heterocycles. The maximum absolute atomic E-state index is 5.33. The van der Waals surface area contributed by atoms with Gasteiger partial charge in [0.15, 0.2) is 0 Å². The molecule has 0 spiro atoms. The molecular weight excluding hydrogens is 212 g/mol. The average molecular weight is 236 g/mol. The number of nitrogens with one attached hydrogen (secondary N) is 1. The van der Waals surface area contributed by atoms with E-state index in [1.54, 1.807) is 7.11 Å². The predicted molar refractivity (Wildman–Crippen MR) is 76.8 cm³/mol. The van der Waals surface area contributed by atoms with Gasteiger partial charge in [-0.1, -0.05) is 26.5 Å². The van der Waals surface area contributed by atoms with E-state index < -0.39 is 0 Å². The van der Waals surface area contributed by atoms with Crippen LogP contribution in [-0.4, -0.2) is 28.3 Å². The van der Waals surface area contributed by atoms with E-state index in [0.29, 0.717) is 0 Å². The second-order valence-electron chi connectivity index (χ2n) is 3.51. The summed E-state index contributed by atoms with van der Waals surface area (Å²) in [6.45, 7) is 7.91. The molecule has 0 bridgehead atoms. The average Bonchev–Trinajstić information content (AvgIpc) is 2.39. The van der Waals surface area contributed by atoms with Crippen molar-refractivity contribution in [3.8, 4) is 5.75 Å². The first-order chi connectivity index (χ1) is 8.10. The van der Waals surface area contributed by atoms with Gasteiger partial charge in [-0.2, -0.15) is 0 Å². The Kier molecular flexibility index (Phi) is 6.87. The van der Waals surface area contributed by atoms with Crippen LogP contribution >= 0.6 is 0 Å². The molecule has 0 saturated carbocycles. The monoisotopic (exact) mass is 236 g/mol. The molecule has 0 aliphatic rings. The molecule has 0 aromatic heterocycles. The van der Waals surface area contributed by atoms with Crippen LogP contribution in [0.3, 0.4) is 0 Å². The Labute approximate surface area is 105 Å². The number of nitrogens with zero attached hydrogens (tertiary/aromatic N) is 1. The van der Waals surface area contributed by atoms with Crippen LogP contribution in [0.2, 0.25) is 0 Å². The van der Waals surface area contributed by atoms with Gasteiger partial charge in [-0.3, -0.25) is 0 Å². The zero-order valence-electron chi connectivity index (χ0n) is 11.8. The van der Waals surface area contributed by atoms with E-state index >= 15 is 0 Å². The molecule has 0 atom stereocenters. The Morgan fingerprint density at radius 2 is 1.88 bits per heavy atom. The van der Waals surface area contributed by atoms with Crippen molar-refractivity contribution < 1.29 is 4.74 Å². The fourth-order valence-electron chi connectivity index (χ4n) is 1.38. The lowest BCUT2D eigenvalue weighted by molar-refractivity contribution is 0.415. The number of methoxy groups -OCH3 is 1. The standard InChI is InChI=1S/C12H18N2O.C2H6/c1-9(13-2)10-6-7-11(14(3)4)12(8-10)15-5;1-2/h6-8,13H,1H2,2-5H3;1-2H3. The van der Waals surface area contributed by atoms with Crippen molar-refractivity contribution in [3.63, 3.8) is 0 Å². The lowest BCUT2D eigenvalue weighted by atomic mass is 10.1. The minimum absolute atomic E-state index is 0.855. The third kappa shape index (κ3) is 4.02. The van der Waals surface area contributed by atoms with Crippen molar-refractivity contribution in [2.24, 2.45) is 0 Å². The summed E-state index contributed by atoms with van der Waals surface area (Å²) in [4.78, 5) is 2.02. The SMILES string of the molecule is C=C(NC)c1ccc(N(C)C)c(OC)c1.CC. The highest BCUT2D eigenvalue weighted by Crippen LogP contribution is 2.29. The van der Waals surface area contributed by atoms with Crippen molar-refractivity contribution in [2.75, 3.05) is 33.2 Å². The molecule has 17 heavy (non-hydrogen) atoms. The molecule has 0 aliphatic carbocycles. The quantitative estimate of drug-likeness (QED) is 0.870. The lowest BCUT2D eigenvalue weighted by Crippen LogP contribution is -2.11. The minimum Gasteiger partial charge on any atom is -0.495 e. The summed E-state index contributed by atoms with van der Waals surface area (Å²) >= 11 is 0. The number of rotatable bonds is 4. The summed E-state index contributed by atoms with van der Waals surface area (Å²) < 4.78 is 5.33. The smallest absolute Gasteiger partial charge is 0.142 e. The molecule has 0 unspecified atom stereocenters. The van der Waals surface area contributed by atoms with Gasteiger partial charge >= 0.3 is 0 Å². The Morgan fingerprint density at radius 3 is 2.29 bits per heavy atom. The molecule has 96 valence electrons. The highest BCUT2D eigenvalue weighted by Gasteiger charge is 2.06. The first kappa shape index (κ1) is 15.4. The van der Waals surface area contributed by atoms with Gasteiger partial charge in [0.05, 0.1) is 12.8 Å². The van der Waals surface area contributed by atoms with Gasteiger partial charge in [0.25, 0.3) is 0 Å². The van der Waals surface area contributed by atoms with Gasteiger partial charge in [0, 0.05) is 32.4 Å². The zero-order valence-corrected chi connectivity index (χ0v) is 11.8. The van der Waals surface area contributed by atoms with Crippen LogP contribution in [0.4, 0.5) is 5.69 Å². The van der Waals surface area contributed by atoms with Crippen molar-refractivity contribution in [1.29, 1.82) is 0 Å². The van der Waals surface area contributed by atoms with E-state index in [9.17, 15) is 0 Å². The maximum atomic E-state index is 5.33. The number of ether oxygens (including phenoxy) is 1. The van der Waals surface area contributed by atoms with Gasteiger partial charge in [-0.15, -0.1) is 0 Å². The van der Waals surface area contributed by atoms with Crippen LogP contribution in [0, 0.1) is 0 Å². The van der Waals surface area contributed by atoms with Gasteiger partial charge in [0.2, 0.25) is 0 Å². The van der Waals surface area contributed by atoms with E-state index in [-0.39, 0.29) is 0 Å². The van der Waals surface area contributed by atoms with E-state index in [4.69, 9.17) is 4.74 Å². The number of anilines is 1. The van der Waals surface area contributed by atoms with Gasteiger partial charge in [-0.25, -0.2) is 0 Å². The molecule has 1 aromatic carbocycles. The first-order valence-electron chi connectivity index (χ1n) is 5.82. The largest absolute Gasteiger partial charge is 0.495 e. The van der Waals surface area contributed by atoms with Crippen LogP contribution in [0.15, 0.2) is 24.8 Å². The zero-order chi connectivity index (χ0) is 13.4. The minimum atomic E-state index is 0.855. The molecule has 1 aromatic rings. The van der Waals surface area contributed by atoms with Gasteiger partial charge < -0.3 is 15.0 Å². The summed E-state index contributed by atoms with van der Waals surface area (Å²) in [7, 11) is 7.51. The Bertz CT molecular complexity index is 359. The van der Waals surface area contributed by atoms with E-state index in [1.165, 1.54) is 0 Å². The highest BCUT2D eigenvalue weighted by atomic mass is 16.5. The predicted octanol–water partition coefficient (Wildman–Crippen LogP) is 2.98. The fourth-order valence-corrected chi connectivity index (χ4v) is 1.38. The van der Waals surface area contributed by atoms with Crippen LogP contribution < -0.4 is 15.0 Å². The highest BCUT2D eigenvalue weighted by molar-refractivity contribution is 5.68. The topological polar surface area (TPSA) is 24.5 Å². The Morgan fingerprint density at radius 1 is 1.29 bits per heavy atom. The molecule has 0 fully saturated rings. The van der Waals surface area contributed by atoms with Crippen molar-refractivity contribution in [2.45, 2.75) is 13.8 Å². The second kappa shape index (κ2) is 7.60. The number of benzene rings is 1. The molecule has 0 radical (unpaired) electrons. The Hall–Kier alpha value is -1.64. The second-order valence-corrected chi connectivity index (χ2v) is 3.51. The number of hydrogen-bond acceptors (Lipinski definition) is 3. The lowest BCUT2D eigenvalue weighted by Gasteiger charge is -2.17. The summed E-state index contributed by atoms with van der Waals surface area (Å²) in [5.41, 5.74) is 2.99. The van der Waals surface area contributed by atoms with E-state index in [2.05, 4.69) is 11.9 Å². The van der Waals surface area contributed by atoms with E-state index in [0.717, 1.165) is 22.7 Å². The normalized spacial score (nSPS) is 8.82. The van der Waals surface area contributed by atoms with E-state index in [1.807, 2.05) is 58.1 Å². The third-order valence-electron chi connectivity index (χ3n) is 2.31. The Balaban J connectivity index is 0.00000121. The van der Waals surface area contributed by atoms with Crippen molar-refractivity contribution >= 4 is 11.4 Å². The molecule has 3 nitrogen and oxygen atoms in total. The molecule has 0 saturated heterocycles. The third-order valence-corrected chi connectivity index (χ3v) is 2.31. The summed E-state index contributed by atoms with van der Waals surface area (Å²) in [5, 5.41) is 3.02. The maximum Gasteiger partial charge on any atom is 0.142 e. The summed E-state index contributed by atoms with van der Waals surface area (Å²) in [6.07, 6.45) is 0.